The molecule has 0 amide bonds. The topological polar surface area (TPSA) is 57.7 Å². The van der Waals surface area contributed by atoms with Gasteiger partial charge in [0.2, 0.25) is 0 Å². The fourth-order valence-corrected chi connectivity index (χ4v) is 4.20. The van der Waals surface area contributed by atoms with Crippen molar-refractivity contribution >= 4 is 0 Å². The van der Waals surface area contributed by atoms with E-state index < -0.39 is 0 Å². The van der Waals surface area contributed by atoms with Crippen LogP contribution in [0.1, 0.15) is 54.7 Å². The molecule has 24 heavy (non-hydrogen) atoms. The molecule has 2 atom stereocenters. The smallest absolute Gasteiger partial charge is 0.153 e. The summed E-state index contributed by atoms with van der Waals surface area (Å²) in [5.41, 5.74) is 1.33. The maximum absolute atomic E-state index is 4.86. The van der Waals surface area contributed by atoms with Gasteiger partial charge in [0.1, 0.15) is 5.82 Å². The van der Waals surface area contributed by atoms with E-state index in [9.17, 15) is 0 Å². The summed E-state index contributed by atoms with van der Waals surface area (Å²) in [5.74, 6) is 5.07. The third-order valence-corrected chi connectivity index (χ3v) is 5.92. The predicted molar refractivity (Wildman–Crippen MR) is 91.7 cm³/mol. The maximum Gasteiger partial charge on any atom is 0.153 e. The van der Waals surface area contributed by atoms with E-state index in [1.165, 1.54) is 37.8 Å². The zero-order chi connectivity index (χ0) is 15.9. The number of aromatic nitrogens is 4. The summed E-state index contributed by atoms with van der Waals surface area (Å²) < 4.78 is 0. The van der Waals surface area contributed by atoms with E-state index in [2.05, 4.69) is 26.1 Å². The van der Waals surface area contributed by atoms with Crippen LogP contribution in [-0.2, 0) is 6.42 Å². The molecule has 5 nitrogen and oxygen atoms in total. The average Bonchev–Trinajstić information content (AvgIpc) is 3.55. The van der Waals surface area contributed by atoms with Gasteiger partial charge in [0.05, 0.1) is 0 Å². The van der Waals surface area contributed by atoms with Crippen molar-refractivity contribution in [1.82, 2.24) is 25.1 Å². The molecule has 1 saturated heterocycles. The Labute approximate surface area is 142 Å². The van der Waals surface area contributed by atoms with Crippen LogP contribution in [0.5, 0.6) is 0 Å². The molecule has 5 heteroatoms. The Morgan fingerprint density at radius 3 is 2.83 bits per heavy atom. The molecule has 2 aromatic heterocycles. The van der Waals surface area contributed by atoms with Gasteiger partial charge < -0.3 is 4.90 Å². The van der Waals surface area contributed by atoms with Crippen molar-refractivity contribution in [2.75, 3.05) is 19.6 Å². The first kappa shape index (κ1) is 14.6. The van der Waals surface area contributed by atoms with E-state index in [1.807, 2.05) is 18.5 Å². The van der Waals surface area contributed by atoms with Crippen LogP contribution in [-0.4, -0.2) is 44.7 Å². The van der Waals surface area contributed by atoms with E-state index in [0.717, 1.165) is 43.0 Å². The van der Waals surface area contributed by atoms with Crippen molar-refractivity contribution in [2.45, 2.75) is 43.9 Å². The Balaban J connectivity index is 1.27. The van der Waals surface area contributed by atoms with E-state index >= 15 is 0 Å². The molecule has 3 heterocycles. The lowest BCUT2D eigenvalue weighted by Crippen LogP contribution is -2.24. The van der Waals surface area contributed by atoms with E-state index in [0.29, 0.717) is 11.8 Å². The number of aromatic amines is 1. The van der Waals surface area contributed by atoms with Gasteiger partial charge in [0.25, 0.3) is 0 Å². The number of rotatable bonds is 6. The van der Waals surface area contributed by atoms with Crippen LogP contribution in [0, 0.1) is 11.8 Å². The van der Waals surface area contributed by atoms with Gasteiger partial charge in [-0.2, -0.15) is 5.10 Å². The molecule has 0 spiro atoms. The third-order valence-electron chi connectivity index (χ3n) is 5.92. The zero-order valence-corrected chi connectivity index (χ0v) is 14.1. The van der Waals surface area contributed by atoms with Crippen LogP contribution in [0.25, 0.3) is 0 Å². The molecule has 126 valence electrons. The highest BCUT2D eigenvalue weighted by molar-refractivity contribution is 5.13. The standard InChI is InChI=1S/C19H25N5/c1-2-13(10-20-8-1)7-9-24-11-16(14-3-4-14)17(12-24)19-21-18(22-23-19)15-5-6-15/h1-2,8,10,14-17H,3-7,9,11-12H2,(H,21,22,23)/t16-,17+/m1/s1. The average molecular weight is 323 g/mol. The molecule has 0 bridgehead atoms. The molecule has 0 radical (unpaired) electrons. The second kappa shape index (κ2) is 5.96. The molecule has 1 N–H and O–H groups in total. The van der Waals surface area contributed by atoms with Crippen LogP contribution in [0.2, 0.25) is 0 Å². The number of pyridine rings is 1. The Bertz CT molecular complexity index is 689. The monoisotopic (exact) mass is 323 g/mol. The Kier molecular flexibility index (Phi) is 3.62. The Hall–Kier alpha value is -1.75. The van der Waals surface area contributed by atoms with Gasteiger partial charge in [0.15, 0.2) is 5.82 Å². The molecule has 0 unspecified atom stereocenters. The van der Waals surface area contributed by atoms with Crippen molar-refractivity contribution in [2.24, 2.45) is 11.8 Å². The van der Waals surface area contributed by atoms with Crippen molar-refractivity contribution < 1.29 is 0 Å². The SMILES string of the molecule is c1cncc(CCN2C[C@H](c3nc(C4CC4)n[nH]3)[C@@H](C3CC3)C2)c1. The number of likely N-dealkylation sites (tertiary alicyclic amines) is 1. The van der Waals surface area contributed by atoms with E-state index in [1.54, 1.807) is 0 Å². The minimum absolute atomic E-state index is 0.548. The van der Waals surface area contributed by atoms with Gasteiger partial charge >= 0.3 is 0 Å². The van der Waals surface area contributed by atoms with Gasteiger partial charge in [-0.05, 0) is 55.6 Å². The number of nitrogens with zero attached hydrogens (tertiary/aromatic N) is 4. The highest BCUT2D eigenvalue weighted by Gasteiger charge is 2.44. The normalized spacial score (nSPS) is 27.7. The number of hydrogen-bond donors (Lipinski definition) is 1. The second-order valence-corrected chi connectivity index (χ2v) is 7.83. The number of nitrogens with one attached hydrogen (secondary N) is 1. The summed E-state index contributed by atoms with van der Waals surface area (Å²) in [6, 6.07) is 4.21. The fraction of sp³-hybridized carbons (Fsp3) is 0.632. The second-order valence-electron chi connectivity index (χ2n) is 7.83. The molecular formula is C19H25N5. The van der Waals surface area contributed by atoms with Crippen molar-refractivity contribution in [3.8, 4) is 0 Å². The first-order valence-corrected chi connectivity index (χ1v) is 9.40. The number of H-pyrrole nitrogens is 1. The molecule has 1 aliphatic heterocycles. The highest BCUT2D eigenvalue weighted by atomic mass is 15.2. The lowest BCUT2D eigenvalue weighted by atomic mass is 9.91. The fourth-order valence-electron chi connectivity index (χ4n) is 4.20. The number of hydrogen-bond acceptors (Lipinski definition) is 4. The summed E-state index contributed by atoms with van der Waals surface area (Å²) in [7, 11) is 0. The molecule has 0 aromatic carbocycles. The minimum atomic E-state index is 0.548. The summed E-state index contributed by atoms with van der Waals surface area (Å²) in [5, 5.41) is 7.77. The largest absolute Gasteiger partial charge is 0.302 e. The molecule has 5 rings (SSSR count). The summed E-state index contributed by atoms with van der Waals surface area (Å²) in [6.07, 6.45) is 10.3. The lowest BCUT2D eigenvalue weighted by Gasteiger charge is -2.15. The summed E-state index contributed by atoms with van der Waals surface area (Å²) in [4.78, 5) is 11.7. The van der Waals surface area contributed by atoms with Gasteiger partial charge in [0, 0.05) is 43.9 Å². The summed E-state index contributed by atoms with van der Waals surface area (Å²) in [6.45, 7) is 3.46. The molecule has 2 aromatic rings. The van der Waals surface area contributed by atoms with E-state index in [4.69, 9.17) is 4.98 Å². The van der Waals surface area contributed by atoms with Gasteiger partial charge in [-0.15, -0.1) is 0 Å². The van der Waals surface area contributed by atoms with Gasteiger partial charge in [-0.25, -0.2) is 4.98 Å². The Morgan fingerprint density at radius 1 is 1.17 bits per heavy atom. The first-order chi connectivity index (χ1) is 11.9. The van der Waals surface area contributed by atoms with Gasteiger partial charge in [-0.3, -0.25) is 10.1 Å². The van der Waals surface area contributed by atoms with Crippen LogP contribution in [0.15, 0.2) is 24.5 Å². The van der Waals surface area contributed by atoms with Crippen LogP contribution in [0.4, 0.5) is 0 Å². The van der Waals surface area contributed by atoms with E-state index in [-0.39, 0.29) is 0 Å². The molecular weight excluding hydrogens is 298 g/mol. The quantitative estimate of drug-likeness (QED) is 0.888. The zero-order valence-electron chi connectivity index (χ0n) is 14.1. The molecule has 2 saturated carbocycles. The van der Waals surface area contributed by atoms with Crippen LogP contribution in [0.3, 0.4) is 0 Å². The van der Waals surface area contributed by atoms with Gasteiger partial charge in [-0.1, -0.05) is 6.07 Å². The molecule has 2 aliphatic carbocycles. The molecule has 3 aliphatic rings. The van der Waals surface area contributed by atoms with Crippen LogP contribution >= 0.6 is 0 Å². The van der Waals surface area contributed by atoms with Crippen molar-refractivity contribution in [3.63, 3.8) is 0 Å². The van der Waals surface area contributed by atoms with Crippen molar-refractivity contribution in [3.05, 3.63) is 41.7 Å². The third kappa shape index (κ3) is 2.97. The Morgan fingerprint density at radius 2 is 2.08 bits per heavy atom. The highest BCUT2D eigenvalue weighted by Crippen LogP contribution is 2.47. The lowest BCUT2D eigenvalue weighted by molar-refractivity contribution is 0.321. The predicted octanol–water partition coefficient (Wildman–Crippen LogP) is 2.75. The van der Waals surface area contributed by atoms with Crippen LogP contribution < -0.4 is 0 Å². The molecule has 3 fully saturated rings. The van der Waals surface area contributed by atoms with Crippen molar-refractivity contribution in [1.29, 1.82) is 0 Å². The first-order valence-electron chi connectivity index (χ1n) is 9.40. The summed E-state index contributed by atoms with van der Waals surface area (Å²) >= 11 is 0. The minimum Gasteiger partial charge on any atom is -0.302 e. The maximum atomic E-state index is 4.86.